The third-order valence-corrected chi connectivity index (χ3v) is 5.06. The van der Waals surface area contributed by atoms with Crippen LogP contribution in [0.5, 0.6) is 5.75 Å². The number of benzene rings is 2. The highest BCUT2D eigenvalue weighted by atomic mass is 16.6. The maximum atomic E-state index is 12.7. The Kier molecular flexibility index (Phi) is 4.17. The summed E-state index contributed by atoms with van der Waals surface area (Å²) >= 11 is 0. The molecule has 3 heterocycles. The number of tetrazole rings is 1. The molecule has 0 radical (unpaired) electrons. The van der Waals surface area contributed by atoms with E-state index in [1.54, 1.807) is 49.6 Å². The molecule has 1 aliphatic heterocycles. The molecule has 1 atom stereocenters. The minimum Gasteiger partial charge on any atom is -0.497 e. The molecule has 2 N–H and O–H groups in total. The zero-order chi connectivity index (χ0) is 21.5. The number of nitro benzene ring substituents is 1. The van der Waals surface area contributed by atoms with Gasteiger partial charge in [-0.15, -0.1) is 0 Å². The van der Waals surface area contributed by atoms with Gasteiger partial charge >= 0.3 is 0 Å². The lowest BCUT2D eigenvalue weighted by molar-refractivity contribution is -0.385. The van der Waals surface area contributed by atoms with Crippen LogP contribution in [0.3, 0.4) is 0 Å². The Bertz CT molecular complexity index is 1360. The molecule has 2 aromatic carbocycles. The second kappa shape index (κ2) is 7.02. The third-order valence-electron chi connectivity index (χ3n) is 5.06. The molecule has 0 unspecified atom stereocenters. The summed E-state index contributed by atoms with van der Waals surface area (Å²) in [5.74, 6) is 0.839. The molecule has 1 aliphatic rings. The third kappa shape index (κ3) is 2.88. The normalized spacial score (nSPS) is 14.3. The van der Waals surface area contributed by atoms with Crippen LogP contribution < -0.4 is 15.6 Å². The van der Waals surface area contributed by atoms with Crippen molar-refractivity contribution < 1.29 is 9.66 Å². The minimum absolute atomic E-state index is 0.122. The number of nitrogens with zero attached hydrogens (tertiary/aromatic N) is 6. The fourth-order valence-electron chi connectivity index (χ4n) is 3.68. The van der Waals surface area contributed by atoms with E-state index in [0.29, 0.717) is 28.1 Å². The van der Waals surface area contributed by atoms with E-state index < -0.39 is 16.5 Å². The number of para-hydroxylation sites is 1. The van der Waals surface area contributed by atoms with Gasteiger partial charge in [-0.3, -0.25) is 14.9 Å². The van der Waals surface area contributed by atoms with Crippen molar-refractivity contribution in [2.24, 2.45) is 0 Å². The summed E-state index contributed by atoms with van der Waals surface area (Å²) in [6, 6.07) is 12.5. The van der Waals surface area contributed by atoms with E-state index in [2.05, 4.69) is 31.0 Å². The zero-order valence-corrected chi connectivity index (χ0v) is 16.0. The van der Waals surface area contributed by atoms with Gasteiger partial charge in [0, 0.05) is 17.2 Å². The van der Waals surface area contributed by atoms with Crippen molar-refractivity contribution in [3.8, 4) is 17.0 Å². The molecule has 2 aromatic heterocycles. The largest absolute Gasteiger partial charge is 0.497 e. The van der Waals surface area contributed by atoms with Crippen molar-refractivity contribution in [3.05, 3.63) is 80.1 Å². The number of H-pyrrole nitrogens is 1. The first-order chi connectivity index (χ1) is 15.1. The standard InChI is InChI=1S/C19H14N8O4/c1-31-11-8-6-10(7-9-11)15-14-16(18(28)22-21-15)20-19-23-24-25-26(19)17(14)12-4-2-3-5-13(12)27(29)30/h2-9,17H,1H3,(H,22,28)(H,20,23,25)/t17-/m0/s1. The van der Waals surface area contributed by atoms with Crippen LogP contribution in [-0.4, -0.2) is 42.4 Å². The highest BCUT2D eigenvalue weighted by Crippen LogP contribution is 2.43. The molecule has 0 spiro atoms. The van der Waals surface area contributed by atoms with Gasteiger partial charge in [-0.05, 0) is 40.8 Å². The number of fused-ring (bicyclic) bond motifs is 2. The van der Waals surface area contributed by atoms with Crippen molar-refractivity contribution in [1.29, 1.82) is 0 Å². The van der Waals surface area contributed by atoms with Gasteiger partial charge in [-0.2, -0.15) is 9.78 Å². The molecule has 5 rings (SSSR count). The van der Waals surface area contributed by atoms with E-state index in [4.69, 9.17) is 4.74 Å². The van der Waals surface area contributed by atoms with Crippen molar-refractivity contribution in [3.63, 3.8) is 0 Å². The molecular weight excluding hydrogens is 404 g/mol. The van der Waals surface area contributed by atoms with Crippen molar-refractivity contribution >= 4 is 17.3 Å². The van der Waals surface area contributed by atoms with Crippen LogP contribution in [0.1, 0.15) is 17.2 Å². The van der Waals surface area contributed by atoms with Crippen LogP contribution in [0, 0.1) is 10.1 Å². The van der Waals surface area contributed by atoms with E-state index in [1.165, 1.54) is 10.7 Å². The SMILES string of the molecule is COc1ccc(-c2n[nH]c(=O)c3c2[C@H](c2ccccc2[N+](=O)[O-])n2nnnc2N3)cc1. The molecule has 154 valence electrons. The van der Waals surface area contributed by atoms with Crippen molar-refractivity contribution in [2.75, 3.05) is 12.4 Å². The highest BCUT2D eigenvalue weighted by Gasteiger charge is 2.37. The molecule has 31 heavy (non-hydrogen) atoms. The molecule has 4 aromatic rings. The monoisotopic (exact) mass is 418 g/mol. The topological polar surface area (TPSA) is 154 Å². The van der Waals surface area contributed by atoms with Crippen LogP contribution in [-0.2, 0) is 0 Å². The van der Waals surface area contributed by atoms with Gasteiger partial charge in [0.25, 0.3) is 11.2 Å². The average molecular weight is 418 g/mol. The Hall–Kier alpha value is -4.61. The van der Waals surface area contributed by atoms with Gasteiger partial charge < -0.3 is 10.1 Å². The van der Waals surface area contributed by atoms with E-state index >= 15 is 0 Å². The molecule has 12 heteroatoms. The summed E-state index contributed by atoms with van der Waals surface area (Å²) in [4.78, 5) is 23.9. The number of hydrogen-bond donors (Lipinski definition) is 2. The Balaban J connectivity index is 1.82. The van der Waals surface area contributed by atoms with Crippen LogP contribution >= 0.6 is 0 Å². The summed E-state index contributed by atoms with van der Waals surface area (Å²) < 4.78 is 6.61. The van der Waals surface area contributed by atoms with Crippen molar-refractivity contribution in [1.82, 2.24) is 30.4 Å². The van der Waals surface area contributed by atoms with Gasteiger partial charge in [0.2, 0.25) is 5.95 Å². The number of ether oxygens (including phenoxy) is 1. The molecule has 0 saturated carbocycles. The van der Waals surface area contributed by atoms with Gasteiger partial charge in [-0.25, -0.2) is 5.10 Å². The maximum Gasteiger partial charge on any atom is 0.288 e. The second-order valence-corrected chi connectivity index (χ2v) is 6.71. The Labute approximate surface area is 173 Å². The summed E-state index contributed by atoms with van der Waals surface area (Å²) in [6.45, 7) is 0. The van der Waals surface area contributed by atoms with Gasteiger partial charge in [0.1, 0.15) is 17.5 Å². The number of methoxy groups -OCH3 is 1. The summed E-state index contributed by atoms with van der Waals surface area (Å²) in [6.07, 6.45) is 0. The first-order valence-electron chi connectivity index (χ1n) is 9.13. The average Bonchev–Trinajstić information content (AvgIpc) is 3.27. The Morgan fingerprint density at radius 1 is 1.16 bits per heavy atom. The first-order valence-corrected chi connectivity index (χ1v) is 9.13. The van der Waals surface area contributed by atoms with Gasteiger partial charge in [0.05, 0.1) is 23.3 Å². The molecule has 0 fully saturated rings. The molecule has 0 amide bonds. The summed E-state index contributed by atoms with van der Waals surface area (Å²) in [5.41, 5.74) is 1.40. The second-order valence-electron chi connectivity index (χ2n) is 6.71. The lowest BCUT2D eigenvalue weighted by Gasteiger charge is -2.27. The number of aromatic amines is 1. The van der Waals surface area contributed by atoms with E-state index in [9.17, 15) is 14.9 Å². The van der Waals surface area contributed by atoms with Crippen LogP contribution in [0.2, 0.25) is 0 Å². The Morgan fingerprint density at radius 3 is 2.68 bits per heavy atom. The number of rotatable bonds is 4. The highest BCUT2D eigenvalue weighted by molar-refractivity contribution is 5.76. The smallest absolute Gasteiger partial charge is 0.288 e. The van der Waals surface area contributed by atoms with Crippen molar-refractivity contribution in [2.45, 2.75) is 6.04 Å². The lowest BCUT2D eigenvalue weighted by Crippen LogP contribution is -2.29. The van der Waals surface area contributed by atoms with Gasteiger partial charge in [0.15, 0.2) is 0 Å². The lowest BCUT2D eigenvalue weighted by atomic mass is 9.91. The number of nitro groups is 1. The Morgan fingerprint density at radius 2 is 1.94 bits per heavy atom. The summed E-state index contributed by atoms with van der Waals surface area (Å²) in [5, 5.41) is 33.0. The van der Waals surface area contributed by atoms with Crippen LogP contribution in [0.25, 0.3) is 11.3 Å². The molecule has 0 bridgehead atoms. The van der Waals surface area contributed by atoms with Gasteiger partial charge in [-0.1, -0.05) is 17.2 Å². The molecule has 12 nitrogen and oxygen atoms in total. The first kappa shape index (κ1) is 18.4. The number of nitrogens with one attached hydrogen (secondary N) is 2. The fraction of sp³-hybridized carbons (Fsp3) is 0.105. The predicted molar refractivity (Wildman–Crippen MR) is 108 cm³/mol. The maximum absolute atomic E-state index is 12.7. The quantitative estimate of drug-likeness (QED) is 0.329. The number of hydrogen-bond acceptors (Lipinski definition) is 9. The molecule has 0 aliphatic carbocycles. The zero-order valence-electron chi connectivity index (χ0n) is 16.0. The number of anilines is 2. The fourth-order valence-corrected chi connectivity index (χ4v) is 3.68. The van der Waals surface area contributed by atoms with E-state index in [1.807, 2.05) is 0 Å². The van der Waals surface area contributed by atoms with E-state index in [-0.39, 0.29) is 17.3 Å². The van der Waals surface area contributed by atoms with E-state index in [0.717, 1.165) is 0 Å². The minimum atomic E-state index is -0.852. The predicted octanol–water partition coefficient (Wildman–Crippen LogP) is 2.03. The van der Waals surface area contributed by atoms with Crippen LogP contribution in [0.15, 0.2) is 53.3 Å². The summed E-state index contributed by atoms with van der Waals surface area (Å²) in [7, 11) is 1.56. The van der Waals surface area contributed by atoms with Crippen LogP contribution in [0.4, 0.5) is 17.3 Å². The molecule has 0 saturated heterocycles. The molecular formula is C19H14N8O4. The number of aromatic nitrogens is 6.